The zero-order valence-corrected chi connectivity index (χ0v) is 20.9. The van der Waals surface area contributed by atoms with Crippen LogP contribution in [0.15, 0.2) is 59.3 Å². The molecule has 0 atom stereocenters. The minimum Gasteiger partial charge on any atom is -0.353 e. The lowest BCUT2D eigenvalue weighted by atomic mass is 10.1. The summed E-state index contributed by atoms with van der Waals surface area (Å²) in [4.78, 5) is 21.2. The molecule has 32 heavy (non-hydrogen) atoms. The molecule has 0 aliphatic carbocycles. The van der Waals surface area contributed by atoms with Gasteiger partial charge in [-0.15, -0.1) is 24.8 Å². The molecular formula is C23H27BrCl2N6. The molecule has 2 aromatic heterocycles. The number of aromatic nitrogens is 3. The van der Waals surface area contributed by atoms with Gasteiger partial charge >= 0.3 is 0 Å². The standard InChI is InChI=1S/C23H25BrN6.2ClH/c24-20-6-4-18(5-7-20)16-28-10-8-21-19(17-28)15-26-23(27-21)30-13-11-29(12-14-30)22-3-1-2-9-25-22;;/h1-7,9,15H,8,10-14,16-17H2;2*1H. The van der Waals surface area contributed by atoms with Crippen LogP contribution >= 0.6 is 40.7 Å². The Morgan fingerprint density at radius 1 is 0.844 bits per heavy atom. The highest BCUT2D eigenvalue weighted by Gasteiger charge is 2.23. The maximum Gasteiger partial charge on any atom is 0.225 e. The Bertz CT molecular complexity index is 997. The predicted molar refractivity (Wildman–Crippen MR) is 137 cm³/mol. The maximum absolute atomic E-state index is 4.94. The van der Waals surface area contributed by atoms with Gasteiger partial charge in [-0.25, -0.2) is 15.0 Å². The summed E-state index contributed by atoms with van der Waals surface area (Å²) in [6.07, 6.45) is 4.88. The van der Waals surface area contributed by atoms with Gasteiger partial charge in [0.1, 0.15) is 5.82 Å². The second-order valence-corrected chi connectivity index (χ2v) is 8.81. The number of halogens is 3. The van der Waals surface area contributed by atoms with Crippen molar-refractivity contribution in [1.82, 2.24) is 19.9 Å². The third-order valence-electron chi connectivity index (χ3n) is 5.86. The van der Waals surface area contributed by atoms with Gasteiger partial charge in [0.2, 0.25) is 5.95 Å². The molecule has 5 rings (SSSR count). The van der Waals surface area contributed by atoms with E-state index in [0.29, 0.717) is 0 Å². The Morgan fingerprint density at radius 3 is 2.31 bits per heavy atom. The van der Waals surface area contributed by atoms with Gasteiger partial charge in [0.25, 0.3) is 0 Å². The smallest absolute Gasteiger partial charge is 0.225 e. The average molecular weight is 538 g/mol. The highest BCUT2D eigenvalue weighted by atomic mass is 79.9. The number of pyridine rings is 1. The van der Waals surface area contributed by atoms with Crippen molar-refractivity contribution in [3.8, 4) is 0 Å². The molecule has 0 N–H and O–H groups in total. The van der Waals surface area contributed by atoms with Crippen molar-refractivity contribution in [1.29, 1.82) is 0 Å². The van der Waals surface area contributed by atoms with E-state index in [4.69, 9.17) is 9.97 Å². The molecule has 2 aliphatic heterocycles. The molecule has 0 saturated carbocycles. The van der Waals surface area contributed by atoms with Gasteiger partial charge in [-0.3, -0.25) is 4.90 Å². The first-order valence-corrected chi connectivity index (χ1v) is 11.3. The number of fused-ring (bicyclic) bond motifs is 1. The first-order chi connectivity index (χ1) is 14.7. The summed E-state index contributed by atoms with van der Waals surface area (Å²) in [5, 5.41) is 0. The fourth-order valence-corrected chi connectivity index (χ4v) is 4.44. The lowest BCUT2D eigenvalue weighted by Crippen LogP contribution is -2.47. The number of hydrogen-bond acceptors (Lipinski definition) is 6. The van der Waals surface area contributed by atoms with E-state index in [1.807, 2.05) is 24.5 Å². The van der Waals surface area contributed by atoms with Gasteiger partial charge in [0.15, 0.2) is 0 Å². The molecule has 0 unspecified atom stereocenters. The molecule has 0 radical (unpaired) electrons. The lowest BCUT2D eigenvalue weighted by Gasteiger charge is -2.36. The maximum atomic E-state index is 4.94. The molecular weight excluding hydrogens is 511 g/mol. The van der Waals surface area contributed by atoms with E-state index >= 15 is 0 Å². The highest BCUT2D eigenvalue weighted by Crippen LogP contribution is 2.22. The molecule has 170 valence electrons. The Kier molecular flexibility index (Phi) is 8.71. The van der Waals surface area contributed by atoms with E-state index in [1.165, 1.54) is 16.8 Å². The molecule has 2 aliphatic rings. The third kappa shape index (κ3) is 5.70. The van der Waals surface area contributed by atoms with Crippen LogP contribution in [0.25, 0.3) is 0 Å². The second kappa shape index (κ2) is 11.3. The SMILES string of the molecule is Brc1ccc(CN2CCc3nc(N4CCN(c5ccccn5)CC4)ncc3C2)cc1.Cl.Cl. The van der Waals surface area contributed by atoms with Crippen molar-refractivity contribution in [2.24, 2.45) is 0 Å². The first kappa shape index (κ1) is 24.7. The number of piperazine rings is 1. The van der Waals surface area contributed by atoms with Crippen LogP contribution in [0.4, 0.5) is 11.8 Å². The van der Waals surface area contributed by atoms with E-state index in [9.17, 15) is 0 Å². The average Bonchev–Trinajstić information content (AvgIpc) is 2.81. The fourth-order valence-electron chi connectivity index (χ4n) is 4.18. The van der Waals surface area contributed by atoms with Gasteiger partial charge < -0.3 is 9.80 Å². The summed E-state index contributed by atoms with van der Waals surface area (Å²) < 4.78 is 1.12. The lowest BCUT2D eigenvalue weighted by molar-refractivity contribution is 0.243. The van der Waals surface area contributed by atoms with Crippen molar-refractivity contribution in [3.05, 3.63) is 76.2 Å². The van der Waals surface area contributed by atoms with E-state index in [-0.39, 0.29) is 24.8 Å². The molecule has 4 heterocycles. The van der Waals surface area contributed by atoms with Crippen LogP contribution in [-0.4, -0.2) is 52.6 Å². The Hall–Kier alpha value is -1.93. The van der Waals surface area contributed by atoms with Gasteiger partial charge in [0, 0.05) is 74.7 Å². The Morgan fingerprint density at radius 2 is 1.59 bits per heavy atom. The quantitative estimate of drug-likeness (QED) is 0.492. The molecule has 1 saturated heterocycles. The summed E-state index contributed by atoms with van der Waals surface area (Å²) in [6.45, 7) is 6.64. The van der Waals surface area contributed by atoms with Crippen LogP contribution in [0.3, 0.4) is 0 Å². The van der Waals surface area contributed by atoms with E-state index < -0.39 is 0 Å². The van der Waals surface area contributed by atoms with E-state index in [0.717, 1.165) is 68.5 Å². The van der Waals surface area contributed by atoms with Crippen LogP contribution < -0.4 is 9.80 Å². The molecule has 1 aromatic carbocycles. The molecule has 9 heteroatoms. The number of anilines is 2. The fraction of sp³-hybridized carbons (Fsp3) is 0.348. The molecule has 3 aromatic rings. The highest BCUT2D eigenvalue weighted by molar-refractivity contribution is 9.10. The normalized spacial score (nSPS) is 16.0. The van der Waals surface area contributed by atoms with Crippen molar-refractivity contribution in [3.63, 3.8) is 0 Å². The predicted octanol–water partition coefficient (Wildman–Crippen LogP) is 4.36. The van der Waals surface area contributed by atoms with Gasteiger partial charge in [0.05, 0.1) is 5.69 Å². The van der Waals surface area contributed by atoms with Gasteiger partial charge in [-0.1, -0.05) is 34.1 Å². The largest absolute Gasteiger partial charge is 0.353 e. The van der Waals surface area contributed by atoms with Gasteiger partial charge in [-0.2, -0.15) is 0 Å². The third-order valence-corrected chi connectivity index (χ3v) is 6.38. The van der Waals surface area contributed by atoms with E-state index in [2.05, 4.69) is 65.9 Å². The van der Waals surface area contributed by atoms with Crippen molar-refractivity contribution in [2.45, 2.75) is 19.5 Å². The Balaban J connectivity index is 0.00000144. The zero-order chi connectivity index (χ0) is 20.3. The second-order valence-electron chi connectivity index (χ2n) is 7.89. The van der Waals surface area contributed by atoms with Crippen LogP contribution in [0.5, 0.6) is 0 Å². The number of rotatable bonds is 4. The minimum absolute atomic E-state index is 0. The van der Waals surface area contributed by atoms with Crippen molar-refractivity contribution in [2.75, 3.05) is 42.5 Å². The zero-order valence-electron chi connectivity index (χ0n) is 17.7. The minimum atomic E-state index is 0. The van der Waals surface area contributed by atoms with Crippen LogP contribution in [0.1, 0.15) is 16.8 Å². The molecule has 0 spiro atoms. The molecule has 6 nitrogen and oxygen atoms in total. The van der Waals surface area contributed by atoms with Crippen LogP contribution in [-0.2, 0) is 19.5 Å². The van der Waals surface area contributed by atoms with Crippen molar-refractivity contribution < 1.29 is 0 Å². The van der Waals surface area contributed by atoms with Crippen LogP contribution in [0, 0.1) is 0 Å². The Labute approximate surface area is 210 Å². The first-order valence-electron chi connectivity index (χ1n) is 10.5. The topological polar surface area (TPSA) is 48.4 Å². The molecule has 0 bridgehead atoms. The number of nitrogens with zero attached hydrogens (tertiary/aromatic N) is 6. The van der Waals surface area contributed by atoms with Crippen LogP contribution in [0.2, 0.25) is 0 Å². The summed E-state index contributed by atoms with van der Waals surface area (Å²) in [6, 6.07) is 14.7. The summed E-state index contributed by atoms with van der Waals surface area (Å²) in [5.41, 5.74) is 3.80. The van der Waals surface area contributed by atoms with E-state index in [1.54, 1.807) is 0 Å². The molecule has 1 fully saturated rings. The number of benzene rings is 1. The van der Waals surface area contributed by atoms with Crippen molar-refractivity contribution >= 4 is 52.5 Å². The van der Waals surface area contributed by atoms with Gasteiger partial charge in [-0.05, 0) is 29.8 Å². The number of hydrogen-bond donors (Lipinski definition) is 0. The monoisotopic (exact) mass is 536 g/mol. The summed E-state index contributed by atoms with van der Waals surface area (Å²) in [7, 11) is 0. The summed E-state index contributed by atoms with van der Waals surface area (Å²) in [5.74, 6) is 1.92. The summed E-state index contributed by atoms with van der Waals surface area (Å²) >= 11 is 3.51. The molecule has 0 amide bonds.